The second-order valence-electron chi connectivity index (χ2n) is 3.99. The van der Waals surface area contributed by atoms with E-state index >= 15 is 0 Å². The van der Waals surface area contributed by atoms with Crippen LogP contribution in [0.5, 0.6) is 0 Å². The summed E-state index contributed by atoms with van der Waals surface area (Å²) in [5.41, 5.74) is 0.638. The Bertz CT molecular complexity index is 665. The van der Waals surface area contributed by atoms with Crippen molar-refractivity contribution in [1.82, 2.24) is 0 Å². The van der Waals surface area contributed by atoms with Gasteiger partial charge >= 0.3 is 0 Å². The summed E-state index contributed by atoms with van der Waals surface area (Å²) >= 11 is 11.4. The van der Waals surface area contributed by atoms with Gasteiger partial charge in [0.1, 0.15) is 10.8 Å². The van der Waals surface area contributed by atoms with Crippen LogP contribution in [0.3, 0.4) is 0 Å². The molecule has 0 aromatic heterocycles. The summed E-state index contributed by atoms with van der Waals surface area (Å²) in [5, 5.41) is 13.7. The number of hydrogen-bond acceptors (Lipinski definition) is 3. The summed E-state index contributed by atoms with van der Waals surface area (Å²) in [6.45, 7) is 0.158. The minimum Gasteiger partial charge on any atom is -0.381 e. The Kier molecular flexibility index (Phi) is 4.42. The van der Waals surface area contributed by atoms with Gasteiger partial charge < -0.3 is 5.32 Å². The SMILES string of the molecule is O=[N+]([O-])c1cc(NCc2cccc(Cl)c2F)ccc1Cl. The van der Waals surface area contributed by atoms with Crippen LogP contribution >= 0.6 is 23.2 Å². The van der Waals surface area contributed by atoms with Crippen molar-refractivity contribution in [2.45, 2.75) is 6.54 Å². The molecule has 0 amide bonds. The van der Waals surface area contributed by atoms with Crippen LogP contribution in [-0.2, 0) is 6.54 Å². The van der Waals surface area contributed by atoms with Gasteiger partial charge in [-0.3, -0.25) is 10.1 Å². The smallest absolute Gasteiger partial charge is 0.289 e. The molecular formula is C13H9Cl2FN2O2. The highest BCUT2D eigenvalue weighted by Gasteiger charge is 2.13. The maximum Gasteiger partial charge on any atom is 0.289 e. The van der Waals surface area contributed by atoms with E-state index in [0.29, 0.717) is 11.3 Å². The normalized spacial score (nSPS) is 10.3. The zero-order chi connectivity index (χ0) is 14.7. The van der Waals surface area contributed by atoms with E-state index in [-0.39, 0.29) is 22.3 Å². The summed E-state index contributed by atoms with van der Waals surface area (Å²) in [4.78, 5) is 10.2. The Labute approximate surface area is 124 Å². The molecule has 0 saturated heterocycles. The molecule has 0 heterocycles. The Morgan fingerprint density at radius 1 is 1.20 bits per heavy atom. The second-order valence-corrected chi connectivity index (χ2v) is 4.80. The molecule has 0 atom stereocenters. The molecule has 104 valence electrons. The van der Waals surface area contributed by atoms with Crippen LogP contribution in [0.1, 0.15) is 5.56 Å². The van der Waals surface area contributed by atoms with Gasteiger partial charge in [0.2, 0.25) is 0 Å². The lowest BCUT2D eigenvalue weighted by molar-refractivity contribution is -0.384. The zero-order valence-corrected chi connectivity index (χ0v) is 11.6. The van der Waals surface area contributed by atoms with Crippen LogP contribution in [0.4, 0.5) is 15.8 Å². The number of nitrogens with one attached hydrogen (secondary N) is 1. The fraction of sp³-hybridized carbons (Fsp3) is 0.0769. The van der Waals surface area contributed by atoms with E-state index in [4.69, 9.17) is 23.2 Å². The molecule has 2 aromatic carbocycles. The Balaban J connectivity index is 2.17. The molecule has 0 fully saturated rings. The molecule has 0 aliphatic rings. The summed E-state index contributed by atoms with van der Waals surface area (Å²) in [7, 11) is 0. The highest BCUT2D eigenvalue weighted by Crippen LogP contribution is 2.28. The van der Waals surface area contributed by atoms with Gasteiger partial charge in [0.15, 0.2) is 0 Å². The number of rotatable bonds is 4. The molecule has 0 unspecified atom stereocenters. The number of nitro benzene ring substituents is 1. The average molecular weight is 315 g/mol. The van der Waals surface area contributed by atoms with Crippen molar-refractivity contribution >= 4 is 34.6 Å². The molecule has 2 rings (SSSR count). The van der Waals surface area contributed by atoms with E-state index in [1.165, 1.54) is 18.2 Å². The lowest BCUT2D eigenvalue weighted by Crippen LogP contribution is -2.02. The van der Waals surface area contributed by atoms with Crippen molar-refractivity contribution < 1.29 is 9.31 Å². The number of nitro groups is 1. The summed E-state index contributed by atoms with van der Waals surface area (Å²) < 4.78 is 13.7. The topological polar surface area (TPSA) is 55.2 Å². The van der Waals surface area contributed by atoms with Gasteiger partial charge in [-0.15, -0.1) is 0 Å². The average Bonchev–Trinajstić information content (AvgIpc) is 2.41. The Morgan fingerprint density at radius 2 is 1.95 bits per heavy atom. The van der Waals surface area contributed by atoms with Crippen LogP contribution < -0.4 is 5.32 Å². The molecule has 0 saturated carbocycles. The standard InChI is InChI=1S/C13H9Cl2FN2O2/c14-10-5-4-9(6-12(10)18(19)20)17-7-8-2-1-3-11(15)13(8)16/h1-6,17H,7H2. The third kappa shape index (κ3) is 3.18. The van der Waals surface area contributed by atoms with Gasteiger partial charge in [-0.25, -0.2) is 4.39 Å². The highest BCUT2D eigenvalue weighted by atomic mass is 35.5. The lowest BCUT2D eigenvalue weighted by Gasteiger charge is -2.08. The zero-order valence-electron chi connectivity index (χ0n) is 10.1. The van der Waals surface area contributed by atoms with E-state index in [1.807, 2.05) is 0 Å². The van der Waals surface area contributed by atoms with Gasteiger partial charge in [-0.2, -0.15) is 0 Å². The first-order chi connectivity index (χ1) is 9.49. The molecule has 2 aromatic rings. The van der Waals surface area contributed by atoms with Crippen molar-refractivity contribution in [1.29, 1.82) is 0 Å². The maximum absolute atomic E-state index is 13.7. The minimum absolute atomic E-state index is 0.0337. The third-order valence-electron chi connectivity index (χ3n) is 2.66. The number of hydrogen-bond donors (Lipinski definition) is 1. The molecule has 0 aliphatic carbocycles. The van der Waals surface area contributed by atoms with Crippen molar-refractivity contribution in [3.8, 4) is 0 Å². The molecule has 20 heavy (non-hydrogen) atoms. The predicted molar refractivity (Wildman–Crippen MR) is 76.8 cm³/mol. The van der Waals surface area contributed by atoms with E-state index in [0.717, 1.165) is 0 Å². The van der Waals surface area contributed by atoms with E-state index in [9.17, 15) is 14.5 Å². The summed E-state index contributed by atoms with van der Waals surface area (Å²) in [6.07, 6.45) is 0. The van der Waals surface area contributed by atoms with Gasteiger partial charge in [-0.05, 0) is 18.2 Å². The number of benzene rings is 2. The van der Waals surface area contributed by atoms with E-state index in [2.05, 4.69) is 5.32 Å². The number of nitrogens with zero attached hydrogens (tertiary/aromatic N) is 1. The third-order valence-corrected chi connectivity index (χ3v) is 3.27. The lowest BCUT2D eigenvalue weighted by atomic mass is 10.2. The number of halogens is 3. The number of anilines is 1. The van der Waals surface area contributed by atoms with Gasteiger partial charge in [0.05, 0.1) is 9.95 Å². The molecular weight excluding hydrogens is 306 g/mol. The van der Waals surface area contributed by atoms with Crippen LogP contribution in [0.2, 0.25) is 10.0 Å². The van der Waals surface area contributed by atoms with Gasteiger partial charge in [0, 0.05) is 23.9 Å². The van der Waals surface area contributed by atoms with Crippen molar-refractivity contribution in [3.05, 3.63) is 67.9 Å². The Morgan fingerprint density at radius 3 is 2.65 bits per heavy atom. The predicted octanol–water partition coefficient (Wildman–Crippen LogP) is 4.65. The van der Waals surface area contributed by atoms with Crippen LogP contribution in [0.15, 0.2) is 36.4 Å². The summed E-state index contributed by atoms with van der Waals surface area (Å²) in [6, 6.07) is 8.96. The van der Waals surface area contributed by atoms with Crippen molar-refractivity contribution in [2.75, 3.05) is 5.32 Å². The van der Waals surface area contributed by atoms with Crippen LogP contribution in [-0.4, -0.2) is 4.92 Å². The molecule has 0 aliphatic heterocycles. The van der Waals surface area contributed by atoms with E-state index in [1.54, 1.807) is 18.2 Å². The molecule has 0 radical (unpaired) electrons. The largest absolute Gasteiger partial charge is 0.381 e. The Hall–Kier alpha value is -1.85. The summed E-state index contributed by atoms with van der Waals surface area (Å²) in [5.74, 6) is -0.509. The fourth-order valence-electron chi connectivity index (χ4n) is 1.64. The second kappa shape index (κ2) is 6.07. The monoisotopic (exact) mass is 314 g/mol. The van der Waals surface area contributed by atoms with Crippen LogP contribution in [0, 0.1) is 15.9 Å². The van der Waals surface area contributed by atoms with Gasteiger partial charge in [-0.1, -0.05) is 35.3 Å². The van der Waals surface area contributed by atoms with Crippen molar-refractivity contribution in [2.24, 2.45) is 0 Å². The van der Waals surface area contributed by atoms with Crippen molar-refractivity contribution in [3.63, 3.8) is 0 Å². The minimum atomic E-state index is -0.576. The molecule has 0 bridgehead atoms. The molecule has 7 heteroatoms. The maximum atomic E-state index is 13.7. The van der Waals surface area contributed by atoms with Gasteiger partial charge in [0.25, 0.3) is 5.69 Å². The highest BCUT2D eigenvalue weighted by molar-refractivity contribution is 6.32. The van der Waals surface area contributed by atoms with Crippen LogP contribution in [0.25, 0.3) is 0 Å². The quantitative estimate of drug-likeness (QED) is 0.660. The first-order valence-electron chi connectivity index (χ1n) is 5.59. The van der Waals surface area contributed by atoms with E-state index < -0.39 is 10.7 Å². The molecule has 0 spiro atoms. The fourth-order valence-corrected chi connectivity index (χ4v) is 2.03. The molecule has 4 nitrogen and oxygen atoms in total. The molecule has 1 N–H and O–H groups in total. The first-order valence-corrected chi connectivity index (χ1v) is 6.35. The first kappa shape index (κ1) is 14.6.